The molecule has 0 aromatic heterocycles. The summed E-state index contributed by atoms with van der Waals surface area (Å²) in [4.78, 5) is 14.3. The van der Waals surface area contributed by atoms with Crippen molar-refractivity contribution in [3.63, 3.8) is 0 Å². The van der Waals surface area contributed by atoms with Crippen molar-refractivity contribution >= 4 is 5.91 Å². The van der Waals surface area contributed by atoms with Crippen molar-refractivity contribution in [1.82, 2.24) is 10.2 Å². The molecule has 0 bridgehead atoms. The van der Waals surface area contributed by atoms with Crippen LogP contribution >= 0.6 is 0 Å². The number of hydrogen-bond donors (Lipinski definition) is 1. The van der Waals surface area contributed by atoms with Crippen LogP contribution < -0.4 is 5.32 Å². The third-order valence-electron chi connectivity index (χ3n) is 4.21. The molecule has 0 unspecified atom stereocenters. The van der Waals surface area contributed by atoms with Crippen LogP contribution in [0.2, 0.25) is 0 Å². The van der Waals surface area contributed by atoms with Crippen molar-refractivity contribution in [3.05, 3.63) is 70.8 Å². The van der Waals surface area contributed by atoms with Crippen LogP contribution in [0.5, 0.6) is 0 Å². The minimum atomic E-state index is 0.182. The zero-order valence-corrected chi connectivity index (χ0v) is 13.0. The molecule has 3 rings (SSSR count). The first-order valence-electron chi connectivity index (χ1n) is 7.83. The second kappa shape index (κ2) is 6.75. The topological polar surface area (TPSA) is 32.3 Å². The number of fused-ring (bicyclic) bond motifs is 1. The molecule has 1 N–H and O–H groups in total. The van der Waals surface area contributed by atoms with E-state index in [1.165, 1.54) is 22.3 Å². The Kier molecular flexibility index (Phi) is 4.54. The van der Waals surface area contributed by atoms with E-state index in [-0.39, 0.29) is 5.91 Å². The van der Waals surface area contributed by atoms with Crippen LogP contribution in [0, 0.1) is 6.92 Å². The largest absolute Gasteiger partial charge is 0.337 e. The fourth-order valence-electron chi connectivity index (χ4n) is 2.84. The van der Waals surface area contributed by atoms with Crippen molar-refractivity contribution in [2.45, 2.75) is 26.4 Å². The van der Waals surface area contributed by atoms with E-state index in [2.05, 4.69) is 54.7 Å². The minimum Gasteiger partial charge on any atom is -0.337 e. The molecule has 0 radical (unpaired) electrons. The molecule has 2 aromatic rings. The molecule has 0 spiro atoms. The van der Waals surface area contributed by atoms with E-state index in [0.29, 0.717) is 6.54 Å². The normalized spacial score (nSPS) is 13.8. The molecule has 0 fully saturated rings. The van der Waals surface area contributed by atoms with Gasteiger partial charge in [-0.25, -0.2) is 0 Å². The predicted molar refractivity (Wildman–Crippen MR) is 88.4 cm³/mol. The van der Waals surface area contributed by atoms with Crippen molar-refractivity contribution < 1.29 is 4.79 Å². The molecular formula is C19H22N2O. The Morgan fingerprint density at radius 1 is 1.09 bits per heavy atom. The standard InChI is InChI=1S/C19H22N2O/c1-15-6-8-16(9-7-15)12-20-13-19(22)21-11-10-17-4-2-3-5-18(17)14-21/h2-9,20H,10-14H2,1H3. The maximum Gasteiger partial charge on any atom is 0.236 e. The van der Waals surface area contributed by atoms with E-state index in [1.54, 1.807) is 0 Å². The number of rotatable bonds is 4. The summed E-state index contributed by atoms with van der Waals surface area (Å²) < 4.78 is 0. The van der Waals surface area contributed by atoms with Crippen molar-refractivity contribution in [2.24, 2.45) is 0 Å². The summed E-state index contributed by atoms with van der Waals surface area (Å²) in [5, 5.41) is 3.25. The average Bonchev–Trinajstić information content (AvgIpc) is 2.56. The molecular weight excluding hydrogens is 272 g/mol. The predicted octanol–water partition coefficient (Wildman–Crippen LogP) is 2.67. The second-order valence-corrected chi connectivity index (χ2v) is 5.92. The number of aryl methyl sites for hydroxylation is 1. The van der Waals surface area contributed by atoms with Gasteiger partial charge >= 0.3 is 0 Å². The zero-order chi connectivity index (χ0) is 15.4. The first-order chi connectivity index (χ1) is 10.7. The van der Waals surface area contributed by atoms with Gasteiger partial charge in [0, 0.05) is 19.6 Å². The number of amides is 1. The van der Waals surface area contributed by atoms with Gasteiger partial charge in [0.25, 0.3) is 0 Å². The highest BCUT2D eigenvalue weighted by Crippen LogP contribution is 2.18. The van der Waals surface area contributed by atoms with Crippen molar-refractivity contribution in [3.8, 4) is 0 Å². The molecule has 1 aliphatic rings. The van der Waals surface area contributed by atoms with E-state index < -0.39 is 0 Å². The zero-order valence-electron chi connectivity index (χ0n) is 13.0. The fraction of sp³-hybridized carbons (Fsp3) is 0.316. The fourth-order valence-corrected chi connectivity index (χ4v) is 2.84. The summed E-state index contributed by atoms with van der Waals surface area (Å²) in [5.74, 6) is 0.182. The van der Waals surface area contributed by atoms with E-state index in [1.807, 2.05) is 11.0 Å². The summed E-state index contributed by atoms with van der Waals surface area (Å²) in [6.45, 7) is 4.77. The molecule has 1 aliphatic heterocycles. The highest BCUT2D eigenvalue weighted by atomic mass is 16.2. The molecule has 114 valence electrons. The number of carbonyl (C=O) groups is 1. The first kappa shape index (κ1) is 14.8. The lowest BCUT2D eigenvalue weighted by Gasteiger charge is -2.29. The molecule has 0 saturated carbocycles. The van der Waals surface area contributed by atoms with Gasteiger partial charge in [0.1, 0.15) is 0 Å². The molecule has 3 nitrogen and oxygen atoms in total. The van der Waals surface area contributed by atoms with Gasteiger partial charge in [-0.05, 0) is 30.0 Å². The van der Waals surface area contributed by atoms with Gasteiger partial charge in [0.05, 0.1) is 6.54 Å². The highest BCUT2D eigenvalue weighted by molar-refractivity contribution is 5.78. The van der Waals surface area contributed by atoms with Gasteiger partial charge in [0.15, 0.2) is 0 Å². The van der Waals surface area contributed by atoms with E-state index >= 15 is 0 Å². The van der Waals surface area contributed by atoms with Crippen LogP contribution in [0.1, 0.15) is 22.3 Å². The van der Waals surface area contributed by atoms with Crippen LogP contribution in [0.4, 0.5) is 0 Å². The highest BCUT2D eigenvalue weighted by Gasteiger charge is 2.19. The number of nitrogens with one attached hydrogen (secondary N) is 1. The number of carbonyl (C=O) groups excluding carboxylic acids is 1. The molecule has 1 amide bonds. The van der Waals surface area contributed by atoms with Crippen molar-refractivity contribution in [2.75, 3.05) is 13.1 Å². The Bertz CT molecular complexity index is 649. The summed E-state index contributed by atoms with van der Waals surface area (Å²) in [6.07, 6.45) is 0.958. The maximum atomic E-state index is 12.3. The monoisotopic (exact) mass is 294 g/mol. The molecule has 1 heterocycles. The summed E-state index contributed by atoms with van der Waals surface area (Å²) in [5.41, 5.74) is 5.12. The quantitative estimate of drug-likeness (QED) is 0.940. The minimum absolute atomic E-state index is 0.182. The first-order valence-corrected chi connectivity index (χ1v) is 7.83. The van der Waals surface area contributed by atoms with Gasteiger partial charge in [-0.1, -0.05) is 54.1 Å². The Labute approximate surface area is 132 Å². The lowest BCUT2D eigenvalue weighted by molar-refractivity contribution is -0.131. The van der Waals surface area contributed by atoms with Crippen LogP contribution in [0.15, 0.2) is 48.5 Å². The average molecular weight is 294 g/mol. The van der Waals surface area contributed by atoms with Gasteiger partial charge in [0.2, 0.25) is 5.91 Å². The van der Waals surface area contributed by atoms with Crippen molar-refractivity contribution in [1.29, 1.82) is 0 Å². The van der Waals surface area contributed by atoms with Crippen LogP contribution in [-0.4, -0.2) is 23.9 Å². The molecule has 22 heavy (non-hydrogen) atoms. The molecule has 0 atom stereocenters. The van der Waals surface area contributed by atoms with Gasteiger partial charge in [-0.3, -0.25) is 4.79 Å². The van der Waals surface area contributed by atoms with Gasteiger partial charge < -0.3 is 10.2 Å². The SMILES string of the molecule is Cc1ccc(CNCC(=O)N2CCc3ccccc3C2)cc1. The second-order valence-electron chi connectivity index (χ2n) is 5.92. The Balaban J connectivity index is 1.50. The number of benzene rings is 2. The van der Waals surface area contributed by atoms with Crippen LogP contribution in [0.3, 0.4) is 0 Å². The summed E-state index contributed by atoms with van der Waals surface area (Å²) in [7, 11) is 0. The molecule has 3 heteroatoms. The van der Waals surface area contributed by atoms with Crippen LogP contribution in [0.25, 0.3) is 0 Å². The lowest BCUT2D eigenvalue weighted by atomic mass is 10.00. The molecule has 0 aliphatic carbocycles. The third-order valence-corrected chi connectivity index (χ3v) is 4.21. The van der Waals surface area contributed by atoms with Gasteiger partial charge in [-0.15, -0.1) is 0 Å². The molecule has 2 aromatic carbocycles. The molecule has 0 saturated heterocycles. The smallest absolute Gasteiger partial charge is 0.236 e. The third kappa shape index (κ3) is 3.55. The summed E-state index contributed by atoms with van der Waals surface area (Å²) in [6, 6.07) is 16.8. The lowest BCUT2D eigenvalue weighted by Crippen LogP contribution is -2.41. The maximum absolute atomic E-state index is 12.3. The number of nitrogens with zero attached hydrogens (tertiary/aromatic N) is 1. The Hall–Kier alpha value is -2.13. The Morgan fingerprint density at radius 3 is 2.59 bits per heavy atom. The number of hydrogen-bond acceptors (Lipinski definition) is 2. The van der Waals surface area contributed by atoms with Gasteiger partial charge in [-0.2, -0.15) is 0 Å². The Morgan fingerprint density at radius 2 is 1.82 bits per heavy atom. The van der Waals surface area contributed by atoms with E-state index in [0.717, 1.165) is 26.1 Å². The van der Waals surface area contributed by atoms with E-state index in [4.69, 9.17) is 0 Å². The van der Waals surface area contributed by atoms with Crippen LogP contribution in [-0.2, 0) is 24.3 Å². The summed E-state index contributed by atoms with van der Waals surface area (Å²) >= 11 is 0. The van der Waals surface area contributed by atoms with E-state index in [9.17, 15) is 4.79 Å².